The van der Waals surface area contributed by atoms with Crippen molar-refractivity contribution in [1.29, 1.82) is 0 Å². The van der Waals surface area contributed by atoms with E-state index in [4.69, 9.17) is 0 Å². The van der Waals surface area contributed by atoms with Crippen molar-refractivity contribution >= 4 is 11.3 Å². The summed E-state index contributed by atoms with van der Waals surface area (Å²) in [5.74, 6) is 0. The number of hydrogen-bond donors (Lipinski definition) is 1. The Morgan fingerprint density at radius 2 is 1.60 bits per heavy atom. The summed E-state index contributed by atoms with van der Waals surface area (Å²) >= 11 is 1.98. The molecule has 0 aliphatic rings. The number of nitrogens with one attached hydrogen (secondary N) is 1. The van der Waals surface area contributed by atoms with Crippen molar-refractivity contribution in [2.45, 2.75) is 84.1 Å². The lowest BCUT2D eigenvalue weighted by Crippen LogP contribution is -2.14. The fourth-order valence-corrected chi connectivity index (χ4v) is 3.78. The average molecular weight is 296 g/mol. The molecule has 1 atom stereocenters. The Labute approximate surface area is 130 Å². The summed E-state index contributed by atoms with van der Waals surface area (Å²) in [6.45, 7) is 4.52. The molecule has 0 saturated heterocycles. The van der Waals surface area contributed by atoms with Crippen molar-refractivity contribution in [3.8, 4) is 0 Å². The van der Waals surface area contributed by atoms with Gasteiger partial charge in [-0.25, -0.2) is 0 Å². The van der Waals surface area contributed by atoms with Crippen LogP contribution in [0.3, 0.4) is 0 Å². The molecule has 1 N–H and O–H groups in total. The van der Waals surface area contributed by atoms with Crippen molar-refractivity contribution in [2.75, 3.05) is 7.05 Å². The molecule has 0 radical (unpaired) electrons. The van der Waals surface area contributed by atoms with Gasteiger partial charge in [-0.1, -0.05) is 65.2 Å². The van der Waals surface area contributed by atoms with Crippen molar-refractivity contribution < 1.29 is 0 Å². The molecule has 0 amide bonds. The molecule has 0 aliphatic heterocycles. The quantitative estimate of drug-likeness (QED) is 0.459. The van der Waals surface area contributed by atoms with Crippen LogP contribution in [0, 0.1) is 0 Å². The molecule has 20 heavy (non-hydrogen) atoms. The van der Waals surface area contributed by atoms with Crippen LogP contribution in [-0.2, 0) is 6.42 Å². The Morgan fingerprint density at radius 3 is 2.15 bits per heavy atom. The number of thiophene rings is 1. The van der Waals surface area contributed by atoms with E-state index in [2.05, 4.69) is 38.3 Å². The first-order valence-electron chi connectivity index (χ1n) is 8.57. The second-order valence-electron chi connectivity index (χ2n) is 5.76. The second kappa shape index (κ2) is 11.3. The molecule has 1 unspecified atom stereocenters. The van der Waals surface area contributed by atoms with Crippen LogP contribution in [0.25, 0.3) is 0 Å². The maximum atomic E-state index is 3.48. The van der Waals surface area contributed by atoms with Gasteiger partial charge in [0.1, 0.15) is 0 Å². The molecular formula is C18H33NS. The zero-order valence-corrected chi connectivity index (χ0v) is 14.5. The Morgan fingerprint density at radius 1 is 0.950 bits per heavy atom. The van der Waals surface area contributed by atoms with Crippen LogP contribution >= 0.6 is 11.3 Å². The van der Waals surface area contributed by atoms with Crippen molar-refractivity contribution in [3.63, 3.8) is 0 Å². The fourth-order valence-electron chi connectivity index (χ4n) is 2.68. The Bertz CT molecular complexity index is 332. The predicted molar refractivity (Wildman–Crippen MR) is 92.7 cm³/mol. The van der Waals surface area contributed by atoms with Crippen molar-refractivity contribution in [1.82, 2.24) is 5.32 Å². The molecule has 0 bridgehead atoms. The molecule has 1 rings (SSSR count). The van der Waals surface area contributed by atoms with E-state index in [1.807, 2.05) is 11.3 Å². The molecule has 1 aromatic rings. The molecule has 0 aliphatic carbocycles. The highest BCUT2D eigenvalue weighted by molar-refractivity contribution is 7.12. The first-order valence-corrected chi connectivity index (χ1v) is 9.39. The minimum Gasteiger partial charge on any atom is -0.312 e. The lowest BCUT2D eigenvalue weighted by atomic mass is 10.0. The van der Waals surface area contributed by atoms with E-state index < -0.39 is 0 Å². The van der Waals surface area contributed by atoms with Crippen molar-refractivity contribution in [2.24, 2.45) is 0 Å². The Kier molecular flexibility index (Phi) is 10.0. The smallest absolute Gasteiger partial charge is 0.0412 e. The summed E-state index contributed by atoms with van der Waals surface area (Å²) < 4.78 is 0. The largest absolute Gasteiger partial charge is 0.312 e. The van der Waals surface area contributed by atoms with Gasteiger partial charge < -0.3 is 5.32 Å². The first-order chi connectivity index (χ1) is 9.81. The molecular weight excluding hydrogens is 262 g/mol. The zero-order chi connectivity index (χ0) is 14.6. The normalized spacial score (nSPS) is 12.8. The van der Waals surface area contributed by atoms with Crippen LogP contribution in [0.4, 0.5) is 0 Å². The van der Waals surface area contributed by atoms with Gasteiger partial charge in [-0.05, 0) is 32.0 Å². The van der Waals surface area contributed by atoms with E-state index in [1.54, 1.807) is 0 Å². The zero-order valence-electron chi connectivity index (χ0n) is 13.7. The maximum Gasteiger partial charge on any atom is 0.0412 e. The average Bonchev–Trinajstić information content (AvgIpc) is 2.94. The van der Waals surface area contributed by atoms with Gasteiger partial charge in [0.15, 0.2) is 0 Å². The van der Waals surface area contributed by atoms with E-state index in [0.29, 0.717) is 6.04 Å². The van der Waals surface area contributed by atoms with Crippen molar-refractivity contribution in [3.05, 3.63) is 21.9 Å². The van der Waals surface area contributed by atoms with Crippen LogP contribution in [0.2, 0.25) is 0 Å². The van der Waals surface area contributed by atoms with E-state index >= 15 is 0 Å². The van der Waals surface area contributed by atoms with Gasteiger partial charge in [-0.2, -0.15) is 0 Å². The van der Waals surface area contributed by atoms with E-state index in [-0.39, 0.29) is 0 Å². The topological polar surface area (TPSA) is 12.0 Å². The monoisotopic (exact) mass is 295 g/mol. The number of hydrogen-bond acceptors (Lipinski definition) is 2. The minimum atomic E-state index is 0.570. The minimum absolute atomic E-state index is 0.570. The molecule has 1 nitrogen and oxygen atoms in total. The van der Waals surface area contributed by atoms with Gasteiger partial charge in [-0.15, -0.1) is 11.3 Å². The van der Waals surface area contributed by atoms with E-state index in [9.17, 15) is 0 Å². The fraction of sp³-hybridized carbons (Fsp3) is 0.778. The third-order valence-corrected chi connectivity index (χ3v) is 5.41. The molecule has 0 fully saturated rings. The SMILES string of the molecule is CCCCCCCCCCC(NC)c1ccc(CC)s1. The molecule has 2 heteroatoms. The van der Waals surface area contributed by atoms with Crippen LogP contribution in [0.15, 0.2) is 12.1 Å². The molecule has 0 aromatic carbocycles. The van der Waals surface area contributed by atoms with E-state index in [0.717, 1.165) is 0 Å². The van der Waals surface area contributed by atoms with Gasteiger partial charge in [-0.3, -0.25) is 0 Å². The Balaban J connectivity index is 2.12. The number of aryl methyl sites for hydroxylation is 1. The first kappa shape index (κ1) is 17.7. The van der Waals surface area contributed by atoms with Gasteiger partial charge in [0.2, 0.25) is 0 Å². The summed E-state index contributed by atoms with van der Waals surface area (Å²) in [6, 6.07) is 5.17. The third-order valence-electron chi connectivity index (χ3n) is 4.07. The second-order valence-corrected chi connectivity index (χ2v) is 6.96. The van der Waals surface area contributed by atoms with Gasteiger partial charge >= 0.3 is 0 Å². The highest BCUT2D eigenvalue weighted by Crippen LogP contribution is 2.27. The third kappa shape index (κ3) is 6.90. The van der Waals surface area contributed by atoms with E-state index in [1.165, 1.54) is 74.0 Å². The number of unbranched alkanes of at least 4 members (excludes halogenated alkanes) is 7. The Hall–Kier alpha value is -0.340. The van der Waals surface area contributed by atoms with Crippen LogP contribution < -0.4 is 5.32 Å². The van der Waals surface area contributed by atoms with Crippen LogP contribution in [-0.4, -0.2) is 7.05 Å². The standard InChI is InChI=1S/C18H33NS/c1-4-6-7-8-9-10-11-12-13-17(19-3)18-15-14-16(5-2)20-18/h14-15,17,19H,4-13H2,1-3H3. The molecule has 0 saturated carbocycles. The number of rotatable bonds is 12. The molecule has 1 aromatic heterocycles. The predicted octanol–water partition coefficient (Wildman–Crippen LogP) is 6.10. The summed E-state index contributed by atoms with van der Waals surface area (Å²) in [4.78, 5) is 3.03. The van der Waals surface area contributed by atoms with Crippen LogP contribution in [0.5, 0.6) is 0 Å². The maximum absolute atomic E-state index is 3.48. The molecule has 116 valence electrons. The molecule has 1 heterocycles. The summed E-state index contributed by atoms with van der Waals surface area (Å²) in [5, 5.41) is 3.48. The summed E-state index contributed by atoms with van der Waals surface area (Å²) in [7, 11) is 2.10. The van der Waals surface area contributed by atoms with Crippen LogP contribution in [0.1, 0.15) is 87.4 Å². The highest BCUT2D eigenvalue weighted by Gasteiger charge is 2.11. The molecule has 0 spiro atoms. The van der Waals surface area contributed by atoms with Gasteiger partial charge in [0.05, 0.1) is 0 Å². The lowest BCUT2D eigenvalue weighted by molar-refractivity contribution is 0.499. The lowest BCUT2D eigenvalue weighted by Gasteiger charge is -2.14. The summed E-state index contributed by atoms with van der Waals surface area (Å²) in [6.07, 6.45) is 13.7. The summed E-state index contributed by atoms with van der Waals surface area (Å²) in [5.41, 5.74) is 0. The highest BCUT2D eigenvalue weighted by atomic mass is 32.1. The van der Waals surface area contributed by atoms with Gasteiger partial charge in [0.25, 0.3) is 0 Å². The van der Waals surface area contributed by atoms with Gasteiger partial charge in [0, 0.05) is 15.8 Å².